The van der Waals surface area contributed by atoms with Gasteiger partial charge in [0.1, 0.15) is 0 Å². The number of halogens is 2. The highest BCUT2D eigenvalue weighted by Crippen LogP contribution is 2.29. The zero-order valence-corrected chi connectivity index (χ0v) is 20.1. The van der Waals surface area contributed by atoms with E-state index in [-0.39, 0.29) is 18.5 Å². The molecule has 3 aromatic rings. The molecule has 8 heteroatoms. The maximum Gasteiger partial charge on any atom is 0.251 e. The maximum absolute atomic E-state index is 12.8. The van der Waals surface area contributed by atoms with Crippen LogP contribution in [0.1, 0.15) is 40.9 Å². The van der Waals surface area contributed by atoms with E-state index in [9.17, 15) is 13.2 Å². The van der Waals surface area contributed by atoms with Crippen molar-refractivity contribution in [2.24, 2.45) is 0 Å². The first-order valence-electron chi connectivity index (χ1n) is 10.1. The second kappa shape index (κ2) is 10.4. The molecule has 1 N–H and O–H groups in total. The lowest BCUT2D eigenvalue weighted by molar-refractivity contribution is 0.0935. The van der Waals surface area contributed by atoms with Gasteiger partial charge in [0.2, 0.25) is 10.0 Å². The van der Waals surface area contributed by atoms with Crippen LogP contribution in [0.3, 0.4) is 0 Å². The van der Waals surface area contributed by atoms with E-state index in [4.69, 9.17) is 23.2 Å². The average Bonchev–Trinajstić information content (AvgIpc) is 2.77. The Hall–Kier alpha value is -2.54. The number of anilines is 1. The van der Waals surface area contributed by atoms with Gasteiger partial charge in [0.25, 0.3) is 5.91 Å². The molecule has 1 atom stereocenters. The number of hydrogen-bond donors (Lipinski definition) is 1. The fraction of sp³-hybridized carbons (Fsp3) is 0.208. The fourth-order valence-corrected chi connectivity index (χ4v) is 4.74. The normalized spacial score (nSPS) is 12.2. The molecule has 5 nitrogen and oxygen atoms in total. The molecule has 168 valence electrons. The van der Waals surface area contributed by atoms with Crippen LogP contribution in [0, 0.1) is 0 Å². The average molecular weight is 491 g/mol. The summed E-state index contributed by atoms with van der Waals surface area (Å²) in [6, 6.07) is 21.1. The molecule has 0 unspecified atom stereocenters. The number of nitrogens with one attached hydrogen (secondary N) is 1. The van der Waals surface area contributed by atoms with Crippen LogP contribution in [-0.2, 0) is 16.6 Å². The number of amides is 1. The highest BCUT2D eigenvalue weighted by molar-refractivity contribution is 7.92. The lowest BCUT2D eigenvalue weighted by atomic mass is 10.0. The third-order valence-corrected chi connectivity index (χ3v) is 6.95. The first-order chi connectivity index (χ1) is 15.2. The summed E-state index contributed by atoms with van der Waals surface area (Å²) in [6.45, 7) is 1.99. The minimum atomic E-state index is -3.63. The van der Waals surface area contributed by atoms with Gasteiger partial charge in [-0.3, -0.25) is 9.10 Å². The molecule has 0 aliphatic rings. The number of nitrogens with zero attached hydrogens (tertiary/aromatic N) is 1. The molecule has 0 heterocycles. The van der Waals surface area contributed by atoms with Crippen molar-refractivity contribution in [2.75, 3.05) is 10.6 Å². The van der Waals surface area contributed by atoms with Crippen LogP contribution in [0.5, 0.6) is 0 Å². The number of carbonyl (C=O) groups excluding carboxylic acids is 1. The van der Waals surface area contributed by atoms with Crippen molar-refractivity contribution in [1.29, 1.82) is 0 Å². The van der Waals surface area contributed by atoms with E-state index in [1.54, 1.807) is 42.5 Å². The van der Waals surface area contributed by atoms with Crippen LogP contribution in [0.2, 0.25) is 10.0 Å². The van der Waals surface area contributed by atoms with Crippen molar-refractivity contribution in [2.45, 2.75) is 25.9 Å². The Labute approximate surface area is 199 Å². The van der Waals surface area contributed by atoms with Crippen molar-refractivity contribution in [3.63, 3.8) is 0 Å². The minimum absolute atomic E-state index is 0.0190. The van der Waals surface area contributed by atoms with Crippen molar-refractivity contribution < 1.29 is 13.2 Å². The summed E-state index contributed by atoms with van der Waals surface area (Å²) in [5.41, 5.74) is 2.39. The number of carbonyl (C=O) groups is 1. The molecule has 1 amide bonds. The van der Waals surface area contributed by atoms with Crippen molar-refractivity contribution in [3.8, 4) is 0 Å². The molecular weight excluding hydrogens is 467 g/mol. The van der Waals surface area contributed by atoms with E-state index in [0.717, 1.165) is 18.2 Å². The van der Waals surface area contributed by atoms with E-state index in [0.29, 0.717) is 26.9 Å². The Morgan fingerprint density at radius 1 is 0.938 bits per heavy atom. The van der Waals surface area contributed by atoms with Crippen molar-refractivity contribution in [1.82, 2.24) is 5.32 Å². The lowest BCUT2D eigenvalue weighted by Crippen LogP contribution is -2.30. The largest absolute Gasteiger partial charge is 0.345 e. The first-order valence-corrected chi connectivity index (χ1v) is 12.7. The monoisotopic (exact) mass is 490 g/mol. The Morgan fingerprint density at radius 3 is 2.06 bits per heavy atom. The highest BCUT2D eigenvalue weighted by Gasteiger charge is 2.21. The molecule has 0 saturated carbocycles. The zero-order valence-electron chi connectivity index (χ0n) is 17.8. The van der Waals surface area contributed by atoms with Gasteiger partial charge < -0.3 is 5.32 Å². The second-order valence-corrected chi connectivity index (χ2v) is 10.1. The van der Waals surface area contributed by atoms with Gasteiger partial charge in [-0.05, 0) is 48.4 Å². The predicted octanol–water partition coefficient (Wildman–Crippen LogP) is 5.84. The van der Waals surface area contributed by atoms with Gasteiger partial charge in [0.15, 0.2) is 0 Å². The van der Waals surface area contributed by atoms with Gasteiger partial charge in [-0.25, -0.2) is 8.42 Å². The summed E-state index contributed by atoms with van der Waals surface area (Å²) < 4.78 is 26.2. The van der Waals surface area contributed by atoms with Gasteiger partial charge in [0, 0.05) is 21.2 Å². The Kier molecular flexibility index (Phi) is 7.82. The second-order valence-electron chi connectivity index (χ2n) is 7.36. The molecule has 0 bridgehead atoms. The number of rotatable bonds is 8. The summed E-state index contributed by atoms with van der Waals surface area (Å²) >= 11 is 12.5. The van der Waals surface area contributed by atoms with Crippen LogP contribution >= 0.6 is 23.2 Å². The van der Waals surface area contributed by atoms with Crippen LogP contribution in [0.15, 0.2) is 72.8 Å². The van der Waals surface area contributed by atoms with E-state index in [1.807, 2.05) is 37.3 Å². The number of benzene rings is 3. The molecule has 32 heavy (non-hydrogen) atoms. The number of hydrogen-bond acceptors (Lipinski definition) is 3. The molecule has 0 saturated heterocycles. The van der Waals surface area contributed by atoms with Crippen molar-refractivity contribution >= 4 is 44.8 Å². The molecule has 0 aliphatic carbocycles. The standard InChI is InChI=1S/C24H24Cl2N2O3S/c1-3-23(17-8-5-4-6-9-17)27-24(29)18-12-14-19(15-13-18)28(32(2,30)31)16-20-21(25)10-7-11-22(20)26/h4-15,23H,3,16H2,1-2H3,(H,27,29)/t23-/m0/s1. The Bertz CT molecular complexity index is 1160. The van der Waals surface area contributed by atoms with E-state index in [2.05, 4.69) is 5.32 Å². The summed E-state index contributed by atoms with van der Waals surface area (Å²) in [5, 5.41) is 3.79. The maximum atomic E-state index is 12.8. The quantitative estimate of drug-likeness (QED) is 0.431. The summed E-state index contributed by atoms with van der Waals surface area (Å²) in [5.74, 6) is -0.229. The first kappa shape index (κ1) is 24.1. The van der Waals surface area contributed by atoms with Crippen molar-refractivity contribution in [3.05, 3.63) is 99.5 Å². The fourth-order valence-electron chi connectivity index (χ4n) is 3.35. The van der Waals surface area contributed by atoms with Gasteiger partial charge in [0.05, 0.1) is 24.5 Å². The molecule has 0 fully saturated rings. The molecule has 3 rings (SSSR count). The predicted molar refractivity (Wildman–Crippen MR) is 131 cm³/mol. The minimum Gasteiger partial charge on any atom is -0.345 e. The van der Waals surface area contributed by atoms with Gasteiger partial charge in [-0.1, -0.05) is 66.5 Å². The molecule has 3 aromatic carbocycles. The summed E-state index contributed by atoms with van der Waals surface area (Å²) in [6.07, 6.45) is 1.86. The van der Waals surface area contributed by atoms with Gasteiger partial charge >= 0.3 is 0 Å². The SMILES string of the molecule is CC[C@H](NC(=O)c1ccc(N(Cc2c(Cl)cccc2Cl)S(C)(=O)=O)cc1)c1ccccc1. The Balaban J connectivity index is 1.82. The molecule has 0 aliphatic heterocycles. The molecular formula is C24H24Cl2N2O3S. The van der Waals surface area contributed by atoms with Crippen LogP contribution < -0.4 is 9.62 Å². The van der Waals surface area contributed by atoms with E-state index >= 15 is 0 Å². The highest BCUT2D eigenvalue weighted by atomic mass is 35.5. The molecule has 0 spiro atoms. The smallest absolute Gasteiger partial charge is 0.251 e. The number of sulfonamides is 1. The van der Waals surface area contributed by atoms with Crippen LogP contribution in [0.25, 0.3) is 0 Å². The van der Waals surface area contributed by atoms with Gasteiger partial charge in [-0.2, -0.15) is 0 Å². The Morgan fingerprint density at radius 2 is 1.53 bits per heavy atom. The van der Waals surface area contributed by atoms with E-state index < -0.39 is 10.0 Å². The summed E-state index contributed by atoms with van der Waals surface area (Å²) in [7, 11) is -3.63. The summed E-state index contributed by atoms with van der Waals surface area (Å²) in [4.78, 5) is 12.8. The molecule has 0 aromatic heterocycles. The third-order valence-electron chi connectivity index (χ3n) is 5.10. The zero-order chi connectivity index (χ0) is 23.3. The van der Waals surface area contributed by atoms with E-state index in [1.165, 1.54) is 4.31 Å². The molecule has 0 radical (unpaired) electrons. The van der Waals surface area contributed by atoms with Crippen LogP contribution in [-0.4, -0.2) is 20.6 Å². The lowest BCUT2D eigenvalue weighted by Gasteiger charge is -2.24. The third kappa shape index (κ3) is 5.82. The van der Waals surface area contributed by atoms with Gasteiger partial charge in [-0.15, -0.1) is 0 Å². The topological polar surface area (TPSA) is 66.5 Å². The van der Waals surface area contributed by atoms with Crippen LogP contribution in [0.4, 0.5) is 5.69 Å².